The fourth-order valence-electron chi connectivity index (χ4n) is 2.94. The van der Waals surface area contributed by atoms with E-state index in [1.165, 1.54) is 22.9 Å². The number of rotatable bonds is 4. The molecule has 1 saturated heterocycles. The summed E-state index contributed by atoms with van der Waals surface area (Å²) in [6.45, 7) is 8.18. The van der Waals surface area contributed by atoms with Crippen molar-refractivity contribution in [2.45, 2.75) is 32.3 Å². The van der Waals surface area contributed by atoms with E-state index in [9.17, 15) is 4.79 Å². The third kappa shape index (κ3) is 3.61. The zero-order valence-corrected chi connectivity index (χ0v) is 14.8. The summed E-state index contributed by atoms with van der Waals surface area (Å²) in [5.74, 6) is 1.30. The Kier molecular flexibility index (Phi) is 4.76. The molecule has 1 aromatic carbocycles. The molecular formula is C18H23N3OS. The molecule has 1 aliphatic rings. The summed E-state index contributed by atoms with van der Waals surface area (Å²) in [6, 6.07) is 6.39. The first-order valence-electron chi connectivity index (χ1n) is 8.06. The summed E-state index contributed by atoms with van der Waals surface area (Å²) in [5, 5.41) is 0.874. The number of hydrogen-bond acceptors (Lipinski definition) is 3. The number of aromatic nitrogens is 2. The maximum atomic E-state index is 12.3. The maximum Gasteiger partial charge on any atom is 0.233 e. The predicted octanol–water partition coefficient (Wildman–Crippen LogP) is 3.45. The zero-order valence-electron chi connectivity index (χ0n) is 14.0. The van der Waals surface area contributed by atoms with Crippen molar-refractivity contribution in [3.8, 4) is 5.69 Å². The van der Waals surface area contributed by atoms with E-state index in [1.54, 1.807) is 6.20 Å². The highest BCUT2D eigenvalue weighted by Gasteiger charge is 2.23. The Morgan fingerprint density at radius 2 is 2.22 bits per heavy atom. The Morgan fingerprint density at radius 3 is 2.96 bits per heavy atom. The van der Waals surface area contributed by atoms with Gasteiger partial charge in [0, 0.05) is 25.5 Å². The van der Waals surface area contributed by atoms with Gasteiger partial charge in [-0.2, -0.15) is 0 Å². The van der Waals surface area contributed by atoms with Crippen molar-refractivity contribution in [1.29, 1.82) is 0 Å². The molecule has 0 spiro atoms. The van der Waals surface area contributed by atoms with Gasteiger partial charge in [0.15, 0.2) is 5.16 Å². The molecule has 2 heterocycles. The molecule has 1 fully saturated rings. The number of aryl methyl sites for hydroxylation is 2. The van der Waals surface area contributed by atoms with Crippen LogP contribution in [0.15, 0.2) is 35.7 Å². The standard InChI is InChI=1S/C18H23N3OS/c1-13-4-5-15(3)16(10-13)21-9-7-19-18(21)23-12-17(22)20-8-6-14(2)11-20/h4-5,7,9-10,14H,6,8,11-12H2,1-3H3. The van der Waals surface area contributed by atoms with Crippen LogP contribution in [0.3, 0.4) is 0 Å². The first-order valence-corrected chi connectivity index (χ1v) is 9.04. The highest BCUT2D eigenvalue weighted by atomic mass is 32.2. The molecule has 0 bridgehead atoms. The fraction of sp³-hybridized carbons (Fsp3) is 0.444. The lowest BCUT2D eigenvalue weighted by molar-refractivity contribution is -0.127. The number of benzene rings is 1. The molecule has 1 amide bonds. The molecule has 0 aliphatic carbocycles. The van der Waals surface area contributed by atoms with E-state index >= 15 is 0 Å². The average molecular weight is 329 g/mol. The summed E-state index contributed by atoms with van der Waals surface area (Å²) in [6.07, 6.45) is 4.88. The van der Waals surface area contributed by atoms with Gasteiger partial charge in [0.2, 0.25) is 5.91 Å². The molecule has 5 heteroatoms. The number of hydrogen-bond donors (Lipinski definition) is 0. The van der Waals surface area contributed by atoms with Gasteiger partial charge in [-0.3, -0.25) is 9.36 Å². The molecule has 122 valence electrons. The van der Waals surface area contributed by atoms with Gasteiger partial charge in [-0.1, -0.05) is 30.8 Å². The lowest BCUT2D eigenvalue weighted by Gasteiger charge is -2.16. The van der Waals surface area contributed by atoms with Crippen LogP contribution in [-0.2, 0) is 4.79 Å². The first-order chi connectivity index (χ1) is 11.0. The van der Waals surface area contributed by atoms with Crippen LogP contribution in [0.2, 0.25) is 0 Å². The van der Waals surface area contributed by atoms with Gasteiger partial charge >= 0.3 is 0 Å². The monoisotopic (exact) mass is 329 g/mol. The molecule has 2 aromatic rings. The Hall–Kier alpha value is -1.75. The third-order valence-electron chi connectivity index (χ3n) is 4.33. The number of carbonyl (C=O) groups is 1. The van der Waals surface area contributed by atoms with Crippen LogP contribution in [0, 0.1) is 19.8 Å². The van der Waals surface area contributed by atoms with Crippen LogP contribution in [0.5, 0.6) is 0 Å². The van der Waals surface area contributed by atoms with Crippen LogP contribution in [0.4, 0.5) is 0 Å². The Bertz CT molecular complexity index is 710. The van der Waals surface area contributed by atoms with Crippen LogP contribution in [0.1, 0.15) is 24.5 Å². The van der Waals surface area contributed by atoms with Gasteiger partial charge in [-0.15, -0.1) is 0 Å². The lowest BCUT2D eigenvalue weighted by Crippen LogP contribution is -2.30. The zero-order chi connectivity index (χ0) is 16.4. The van der Waals surface area contributed by atoms with Crippen LogP contribution < -0.4 is 0 Å². The normalized spacial score (nSPS) is 17.7. The summed E-state index contributed by atoms with van der Waals surface area (Å²) >= 11 is 1.52. The van der Waals surface area contributed by atoms with E-state index in [1.807, 2.05) is 11.1 Å². The van der Waals surface area contributed by atoms with E-state index in [0.29, 0.717) is 11.7 Å². The first kappa shape index (κ1) is 16.1. The van der Waals surface area contributed by atoms with Crippen molar-refractivity contribution in [3.05, 3.63) is 41.7 Å². The second-order valence-corrected chi connectivity index (χ2v) is 7.33. The van der Waals surface area contributed by atoms with Gasteiger partial charge in [0.05, 0.1) is 11.4 Å². The van der Waals surface area contributed by atoms with Gasteiger partial charge in [0.1, 0.15) is 0 Å². The maximum absolute atomic E-state index is 12.3. The fourth-order valence-corrected chi connectivity index (χ4v) is 3.81. The highest BCUT2D eigenvalue weighted by Crippen LogP contribution is 2.24. The Balaban J connectivity index is 1.72. The molecule has 1 aromatic heterocycles. The van der Waals surface area contributed by atoms with Crippen molar-refractivity contribution in [2.24, 2.45) is 5.92 Å². The van der Waals surface area contributed by atoms with Crippen molar-refractivity contribution >= 4 is 17.7 Å². The Labute approximate surface area is 141 Å². The molecule has 0 N–H and O–H groups in total. The minimum Gasteiger partial charge on any atom is -0.342 e. The highest BCUT2D eigenvalue weighted by molar-refractivity contribution is 7.99. The second-order valence-electron chi connectivity index (χ2n) is 6.39. The minimum atomic E-state index is 0.217. The molecule has 4 nitrogen and oxygen atoms in total. The summed E-state index contributed by atoms with van der Waals surface area (Å²) in [5.41, 5.74) is 3.56. The van der Waals surface area contributed by atoms with E-state index in [2.05, 4.69) is 48.5 Å². The smallest absolute Gasteiger partial charge is 0.233 e. The summed E-state index contributed by atoms with van der Waals surface area (Å²) in [7, 11) is 0. The van der Waals surface area contributed by atoms with Crippen molar-refractivity contribution < 1.29 is 4.79 Å². The topological polar surface area (TPSA) is 38.1 Å². The van der Waals surface area contributed by atoms with E-state index in [-0.39, 0.29) is 5.91 Å². The molecule has 3 rings (SSSR count). The van der Waals surface area contributed by atoms with E-state index < -0.39 is 0 Å². The SMILES string of the molecule is Cc1ccc(C)c(-n2ccnc2SCC(=O)N2CCC(C)C2)c1. The molecule has 1 atom stereocenters. The minimum absolute atomic E-state index is 0.217. The number of thioether (sulfide) groups is 1. The van der Waals surface area contributed by atoms with Gasteiger partial charge in [0.25, 0.3) is 0 Å². The largest absolute Gasteiger partial charge is 0.342 e. The number of nitrogens with zero attached hydrogens (tertiary/aromatic N) is 3. The quantitative estimate of drug-likeness (QED) is 0.806. The third-order valence-corrected chi connectivity index (χ3v) is 5.28. The average Bonchev–Trinajstić information content (AvgIpc) is 3.16. The van der Waals surface area contributed by atoms with Crippen LogP contribution in [0.25, 0.3) is 5.69 Å². The van der Waals surface area contributed by atoms with Gasteiger partial charge in [-0.05, 0) is 43.4 Å². The van der Waals surface area contributed by atoms with Crippen molar-refractivity contribution in [1.82, 2.24) is 14.5 Å². The van der Waals surface area contributed by atoms with Crippen molar-refractivity contribution in [2.75, 3.05) is 18.8 Å². The Morgan fingerprint density at radius 1 is 1.39 bits per heavy atom. The molecule has 0 saturated carbocycles. The number of likely N-dealkylation sites (tertiary alicyclic amines) is 1. The van der Waals surface area contributed by atoms with Crippen molar-refractivity contribution in [3.63, 3.8) is 0 Å². The van der Waals surface area contributed by atoms with Crippen LogP contribution >= 0.6 is 11.8 Å². The molecule has 1 unspecified atom stereocenters. The number of amides is 1. The van der Waals surface area contributed by atoms with E-state index in [0.717, 1.165) is 30.4 Å². The molecule has 0 radical (unpaired) electrons. The number of imidazole rings is 1. The molecule has 23 heavy (non-hydrogen) atoms. The number of carbonyl (C=O) groups excluding carboxylic acids is 1. The van der Waals surface area contributed by atoms with Gasteiger partial charge < -0.3 is 4.90 Å². The second kappa shape index (κ2) is 6.79. The molecule has 1 aliphatic heterocycles. The summed E-state index contributed by atoms with van der Waals surface area (Å²) in [4.78, 5) is 18.7. The predicted molar refractivity (Wildman–Crippen MR) is 94.1 cm³/mol. The van der Waals surface area contributed by atoms with Gasteiger partial charge in [-0.25, -0.2) is 4.98 Å². The lowest BCUT2D eigenvalue weighted by atomic mass is 10.1. The van der Waals surface area contributed by atoms with Crippen LogP contribution in [-0.4, -0.2) is 39.2 Å². The summed E-state index contributed by atoms with van der Waals surface area (Å²) < 4.78 is 2.08. The molecular weight excluding hydrogens is 306 g/mol. The van der Waals surface area contributed by atoms with E-state index in [4.69, 9.17) is 0 Å².